The molecule has 0 saturated heterocycles. The molecule has 0 unspecified atom stereocenters. The van der Waals surface area contributed by atoms with Gasteiger partial charge >= 0.3 is 5.97 Å². The number of amides is 1. The van der Waals surface area contributed by atoms with E-state index in [9.17, 15) is 9.59 Å². The second-order valence-corrected chi connectivity index (χ2v) is 7.03. The Labute approximate surface area is 151 Å². The van der Waals surface area contributed by atoms with Crippen LogP contribution >= 0.6 is 23.6 Å². The third-order valence-electron chi connectivity index (χ3n) is 3.92. The fourth-order valence-electron chi connectivity index (χ4n) is 2.36. The Morgan fingerprint density at radius 2 is 1.96 bits per heavy atom. The molecule has 2 N–H and O–H groups in total. The zero-order chi connectivity index (χ0) is 17.9. The first kappa shape index (κ1) is 18.7. The van der Waals surface area contributed by atoms with Crippen LogP contribution in [0.5, 0.6) is 0 Å². The SMILES string of the molecule is CCN(CC)C(=O)c1sc(NC(=S)NC2CC2)c(C(=O)OC)c1C. The maximum absolute atomic E-state index is 12.7. The van der Waals surface area contributed by atoms with E-state index in [1.807, 2.05) is 13.8 Å². The number of thiocarbonyl (C=S) groups is 1. The highest BCUT2D eigenvalue weighted by molar-refractivity contribution is 7.80. The first-order valence-electron chi connectivity index (χ1n) is 8.01. The Hall–Kier alpha value is -1.67. The summed E-state index contributed by atoms with van der Waals surface area (Å²) < 4.78 is 4.88. The van der Waals surface area contributed by atoms with E-state index in [2.05, 4.69) is 10.6 Å². The standard InChI is InChI=1S/C16H23N3O3S2/c1-5-19(6-2)14(20)12-9(3)11(15(21)22-4)13(24-12)18-16(23)17-10-7-8-10/h10H,5-8H2,1-4H3,(H2,17,18,23). The van der Waals surface area contributed by atoms with Gasteiger partial charge in [-0.05, 0) is 51.4 Å². The molecule has 0 aliphatic heterocycles. The van der Waals surface area contributed by atoms with Crippen molar-refractivity contribution in [3.8, 4) is 0 Å². The van der Waals surface area contributed by atoms with Gasteiger partial charge in [-0.2, -0.15) is 0 Å². The molecule has 24 heavy (non-hydrogen) atoms. The van der Waals surface area contributed by atoms with Gasteiger partial charge in [-0.1, -0.05) is 0 Å². The summed E-state index contributed by atoms with van der Waals surface area (Å²) in [5, 5.41) is 7.24. The van der Waals surface area contributed by atoms with Crippen molar-refractivity contribution in [1.82, 2.24) is 10.2 Å². The lowest BCUT2D eigenvalue weighted by Gasteiger charge is -2.17. The minimum absolute atomic E-state index is 0.0817. The second-order valence-electron chi connectivity index (χ2n) is 5.60. The Kier molecular flexibility index (Phi) is 6.17. The summed E-state index contributed by atoms with van der Waals surface area (Å²) >= 11 is 6.53. The molecule has 0 atom stereocenters. The monoisotopic (exact) mass is 369 g/mol. The highest BCUT2D eigenvalue weighted by Gasteiger charge is 2.28. The average molecular weight is 370 g/mol. The van der Waals surface area contributed by atoms with Crippen molar-refractivity contribution in [3.05, 3.63) is 16.0 Å². The lowest BCUT2D eigenvalue weighted by Crippen LogP contribution is -2.30. The summed E-state index contributed by atoms with van der Waals surface area (Å²) in [5.41, 5.74) is 0.999. The molecule has 2 rings (SSSR count). The Morgan fingerprint density at radius 1 is 1.33 bits per heavy atom. The maximum Gasteiger partial charge on any atom is 0.341 e. The molecule has 1 aliphatic rings. The molecule has 132 valence electrons. The van der Waals surface area contributed by atoms with Crippen molar-refractivity contribution < 1.29 is 14.3 Å². The predicted molar refractivity (Wildman–Crippen MR) is 100 cm³/mol. The van der Waals surface area contributed by atoms with E-state index in [1.165, 1.54) is 18.4 Å². The fraction of sp³-hybridized carbons (Fsp3) is 0.562. The highest BCUT2D eigenvalue weighted by atomic mass is 32.1. The summed E-state index contributed by atoms with van der Waals surface area (Å²) in [6, 6.07) is 0.407. The van der Waals surface area contributed by atoms with Gasteiger partial charge in [0.1, 0.15) is 5.00 Å². The van der Waals surface area contributed by atoms with Crippen LogP contribution < -0.4 is 10.6 Å². The number of hydrogen-bond acceptors (Lipinski definition) is 5. The van der Waals surface area contributed by atoms with E-state index < -0.39 is 5.97 Å². The van der Waals surface area contributed by atoms with E-state index in [-0.39, 0.29) is 5.91 Å². The number of esters is 1. The van der Waals surface area contributed by atoms with Crippen LogP contribution in [0.4, 0.5) is 5.00 Å². The zero-order valence-electron chi connectivity index (χ0n) is 14.4. The van der Waals surface area contributed by atoms with Gasteiger partial charge in [-0.15, -0.1) is 11.3 Å². The summed E-state index contributed by atoms with van der Waals surface area (Å²) in [5.74, 6) is -0.555. The molecule has 6 nitrogen and oxygen atoms in total. The summed E-state index contributed by atoms with van der Waals surface area (Å²) in [6.45, 7) is 6.86. The number of thiophene rings is 1. The number of nitrogens with one attached hydrogen (secondary N) is 2. The van der Waals surface area contributed by atoms with Gasteiger partial charge in [0.2, 0.25) is 0 Å². The smallest absolute Gasteiger partial charge is 0.341 e. The zero-order valence-corrected chi connectivity index (χ0v) is 16.0. The molecular weight excluding hydrogens is 346 g/mol. The summed E-state index contributed by atoms with van der Waals surface area (Å²) in [6.07, 6.45) is 2.20. The van der Waals surface area contributed by atoms with Gasteiger partial charge in [0.05, 0.1) is 17.6 Å². The number of methoxy groups -OCH3 is 1. The predicted octanol–water partition coefficient (Wildman–Crippen LogP) is 2.77. The van der Waals surface area contributed by atoms with Crippen molar-refractivity contribution in [3.63, 3.8) is 0 Å². The molecule has 1 fully saturated rings. The molecule has 0 spiro atoms. The quantitative estimate of drug-likeness (QED) is 0.593. The van der Waals surface area contributed by atoms with E-state index in [1.54, 1.807) is 11.8 Å². The minimum atomic E-state index is -0.473. The number of nitrogens with zero attached hydrogens (tertiary/aromatic N) is 1. The van der Waals surface area contributed by atoms with Crippen molar-refractivity contribution >= 4 is 45.5 Å². The van der Waals surface area contributed by atoms with Crippen LogP contribution in [0.1, 0.15) is 52.3 Å². The third kappa shape index (κ3) is 4.05. The summed E-state index contributed by atoms with van der Waals surface area (Å²) in [4.78, 5) is 27.1. The van der Waals surface area contributed by atoms with E-state index >= 15 is 0 Å². The molecule has 0 aromatic carbocycles. The first-order chi connectivity index (χ1) is 11.4. The van der Waals surface area contributed by atoms with Gasteiger partial charge in [0.25, 0.3) is 5.91 Å². The van der Waals surface area contributed by atoms with Gasteiger partial charge < -0.3 is 20.3 Å². The topological polar surface area (TPSA) is 70.7 Å². The molecule has 8 heteroatoms. The molecule has 1 aromatic rings. The Balaban J connectivity index is 2.33. The number of ether oxygens (including phenoxy) is 1. The Morgan fingerprint density at radius 3 is 2.46 bits per heavy atom. The lowest BCUT2D eigenvalue weighted by molar-refractivity contribution is 0.0601. The molecule has 1 saturated carbocycles. The lowest BCUT2D eigenvalue weighted by atomic mass is 10.1. The van der Waals surface area contributed by atoms with Gasteiger partial charge in [-0.25, -0.2) is 4.79 Å². The number of anilines is 1. The van der Waals surface area contributed by atoms with Crippen LogP contribution in [-0.2, 0) is 4.74 Å². The van der Waals surface area contributed by atoms with E-state index in [0.29, 0.717) is 45.2 Å². The molecular formula is C16H23N3O3S2. The van der Waals surface area contributed by atoms with Crippen LogP contribution in [0.15, 0.2) is 0 Å². The van der Waals surface area contributed by atoms with Crippen molar-refractivity contribution in [1.29, 1.82) is 0 Å². The van der Waals surface area contributed by atoms with Crippen LogP contribution in [0, 0.1) is 6.92 Å². The van der Waals surface area contributed by atoms with E-state index in [4.69, 9.17) is 17.0 Å². The highest BCUT2D eigenvalue weighted by Crippen LogP contribution is 2.34. The summed E-state index contributed by atoms with van der Waals surface area (Å²) in [7, 11) is 1.33. The normalized spacial score (nSPS) is 13.3. The van der Waals surface area contributed by atoms with Crippen LogP contribution in [0.3, 0.4) is 0 Å². The molecule has 1 amide bonds. The molecule has 1 aromatic heterocycles. The largest absolute Gasteiger partial charge is 0.465 e. The average Bonchev–Trinajstić information content (AvgIpc) is 3.30. The number of hydrogen-bond donors (Lipinski definition) is 2. The Bertz CT molecular complexity index is 649. The van der Waals surface area contributed by atoms with Crippen molar-refractivity contribution in [2.24, 2.45) is 0 Å². The second kappa shape index (κ2) is 7.94. The van der Waals surface area contributed by atoms with Gasteiger partial charge in [-0.3, -0.25) is 4.79 Å². The first-order valence-corrected chi connectivity index (χ1v) is 9.23. The number of rotatable bonds is 6. The maximum atomic E-state index is 12.7. The van der Waals surface area contributed by atoms with Crippen molar-refractivity contribution in [2.45, 2.75) is 39.7 Å². The van der Waals surface area contributed by atoms with Crippen LogP contribution in [-0.4, -0.2) is 48.1 Å². The molecule has 1 heterocycles. The molecule has 0 radical (unpaired) electrons. The number of carbonyl (C=O) groups is 2. The van der Waals surface area contributed by atoms with E-state index in [0.717, 1.165) is 12.8 Å². The van der Waals surface area contributed by atoms with Crippen molar-refractivity contribution in [2.75, 3.05) is 25.5 Å². The van der Waals surface area contributed by atoms with Gasteiger partial charge in [0, 0.05) is 19.1 Å². The van der Waals surface area contributed by atoms with Gasteiger partial charge in [0.15, 0.2) is 5.11 Å². The molecule has 1 aliphatic carbocycles. The fourth-order valence-corrected chi connectivity index (χ4v) is 3.86. The number of carbonyl (C=O) groups excluding carboxylic acids is 2. The minimum Gasteiger partial charge on any atom is -0.465 e. The van der Waals surface area contributed by atoms with Crippen LogP contribution in [0.2, 0.25) is 0 Å². The van der Waals surface area contributed by atoms with Crippen LogP contribution in [0.25, 0.3) is 0 Å². The third-order valence-corrected chi connectivity index (χ3v) is 5.34. The molecule has 0 bridgehead atoms.